The molecule has 4 nitrogen and oxygen atoms in total. The van der Waals surface area contributed by atoms with Crippen LogP contribution < -0.4 is 0 Å². The molecular formula is C10H13NO3. The number of rotatable bonds is 2. The van der Waals surface area contributed by atoms with Gasteiger partial charge < -0.3 is 0 Å². The standard InChI is InChI=1S/C10H13NO3/c1-4-7-8(12)6(3)9(13)11(5-2)10(7)14/h7H,3-5H2,1-2H3. The Kier molecular flexibility index (Phi) is 2.84. The maximum absolute atomic E-state index is 11.6. The number of likely N-dealkylation sites (tertiary alicyclic amines) is 1. The lowest BCUT2D eigenvalue weighted by Gasteiger charge is -2.29. The number of hydrogen-bond donors (Lipinski definition) is 0. The maximum Gasteiger partial charge on any atom is 0.263 e. The molecule has 0 aliphatic carbocycles. The zero-order chi connectivity index (χ0) is 10.9. The molecule has 4 heteroatoms. The molecule has 1 aliphatic rings. The highest BCUT2D eigenvalue weighted by Gasteiger charge is 2.41. The van der Waals surface area contributed by atoms with E-state index in [-0.39, 0.29) is 5.57 Å². The molecule has 1 unspecified atom stereocenters. The fraction of sp³-hybridized carbons (Fsp3) is 0.500. The molecule has 0 N–H and O–H groups in total. The molecule has 0 aromatic rings. The fourth-order valence-corrected chi connectivity index (χ4v) is 1.54. The number of ketones is 1. The molecule has 0 bridgehead atoms. The van der Waals surface area contributed by atoms with Gasteiger partial charge in [-0.15, -0.1) is 0 Å². The van der Waals surface area contributed by atoms with Crippen LogP contribution in [0.4, 0.5) is 0 Å². The Balaban J connectivity index is 3.07. The Bertz CT molecular complexity index is 291. The summed E-state index contributed by atoms with van der Waals surface area (Å²) in [5, 5.41) is 0. The van der Waals surface area contributed by atoms with Crippen LogP contribution in [0.1, 0.15) is 20.3 Å². The summed E-state index contributed by atoms with van der Waals surface area (Å²) in [4.78, 5) is 35.6. The summed E-state index contributed by atoms with van der Waals surface area (Å²) in [7, 11) is 0. The number of hydrogen-bond acceptors (Lipinski definition) is 3. The molecule has 0 radical (unpaired) electrons. The third-order valence-electron chi connectivity index (χ3n) is 2.41. The zero-order valence-electron chi connectivity index (χ0n) is 8.37. The second-order valence-electron chi connectivity index (χ2n) is 3.19. The minimum atomic E-state index is -0.708. The van der Waals surface area contributed by atoms with E-state index in [0.717, 1.165) is 4.90 Å². The van der Waals surface area contributed by atoms with Gasteiger partial charge in [0.15, 0.2) is 5.78 Å². The van der Waals surface area contributed by atoms with Crippen LogP contribution in [-0.2, 0) is 14.4 Å². The van der Waals surface area contributed by atoms with E-state index >= 15 is 0 Å². The second kappa shape index (κ2) is 3.74. The van der Waals surface area contributed by atoms with E-state index in [9.17, 15) is 14.4 Å². The summed E-state index contributed by atoms with van der Waals surface area (Å²) in [5.41, 5.74) is -0.0710. The Morgan fingerprint density at radius 2 is 1.86 bits per heavy atom. The first-order valence-electron chi connectivity index (χ1n) is 4.63. The lowest BCUT2D eigenvalue weighted by atomic mass is 9.90. The first kappa shape index (κ1) is 10.6. The van der Waals surface area contributed by atoms with Crippen molar-refractivity contribution >= 4 is 17.6 Å². The van der Waals surface area contributed by atoms with Gasteiger partial charge >= 0.3 is 0 Å². The van der Waals surface area contributed by atoms with E-state index < -0.39 is 23.5 Å². The quantitative estimate of drug-likeness (QED) is 0.279. The highest BCUT2D eigenvalue weighted by Crippen LogP contribution is 2.21. The second-order valence-corrected chi connectivity index (χ2v) is 3.19. The lowest BCUT2D eigenvalue weighted by molar-refractivity contribution is -0.151. The normalized spacial score (nSPS) is 23.3. The van der Waals surface area contributed by atoms with Crippen LogP contribution in [0.3, 0.4) is 0 Å². The van der Waals surface area contributed by atoms with Crippen LogP contribution in [-0.4, -0.2) is 29.0 Å². The molecule has 0 aromatic carbocycles. The smallest absolute Gasteiger partial charge is 0.263 e. The van der Waals surface area contributed by atoms with Crippen LogP contribution >= 0.6 is 0 Å². The summed E-state index contributed by atoms with van der Waals surface area (Å²) in [6.07, 6.45) is 0.417. The van der Waals surface area contributed by atoms with E-state index in [1.54, 1.807) is 13.8 Å². The van der Waals surface area contributed by atoms with Gasteiger partial charge in [-0.3, -0.25) is 19.3 Å². The molecule has 14 heavy (non-hydrogen) atoms. The predicted molar refractivity (Wildman–Crippen MR) is 50.3 cm³/mol. The van der Waals surface area contributed by atoms with Crippen LogP contribution in [0.25, 0.3) is 0 Å². The van der Waals surface area contributed by atoms with Crippen molar-refractivity contribution in [2.75, 3.05) is 6.54 Å². The number of Topliss-reactive ketones (excluding diaryl/α,β-unsaturated/α-hetero) is 1. The van der Waals surface area contributed by atoms with Gasteiger partial charge in [-0.05, 0) is 13.3 Å². The number of imide groups is 1. The first-order valence-corrected chi connectivity index (χ1v) is 4.63. The third-order valence-corrected chi connectivity index (χ3v) is 2.41. The topological polar surface area (TPSA) is 54.5 Å². The van der Waals surface area contributed by atoms with Crippen molar-refractivity contribution in [1.82, 2.24) is 4.90 Å². The van der Waals surface area contributed by atoms with Gasteiger partial charge in [0, 0.05) is 6.54 Å². The summed E-state index contributed by atoms with van der Waals surface area (Å²) < 4.78 is 0. The molecule has 0 saturated carbocycles. The highest BCUT2D eigenvalue weighted by atomic mass is 16.2. The van der Waals surface area contributed by atoms with Crippen molar-refractivity contribution in [3.05, 3.63) is 12.2 Å². The zero-order valence-corrected chi connectivity index (χ0v) is 8.37. The Hall–Kier alpha value is -1.45. The molecule has 76 valence electrons. The summed E-state index contributed by atoms with van der Waals surface area (Å²) in [6, 6.07) is 0. The molecule has 0 aromatic heterocycles. The molecule has 1 aliphatic heterocycles. The summed E-state index contributed by atoms with van der Waals surface area (Å²) in [5.74, 6) is -2.07. The molecule has 1 atom stereocenters. The van der Waals surface area contributed by atoms with Gasteiger partial charge in [-0.25, -0.2) is 0 Å². The fourth-order valence-electron chi connectivity index (χ4n) is 1.54. The molecule has 1 saturated heterocycles. The van der Waals surface area contributed by atoms with Crippen molar-refractivity contribution < 1.29 is 14.4 Å². The van der Waals surface area contributed by atoms with E-state index in [1.807, 2.05) is 0 Å². The largest absolute Gasteiger partial charge is 0.293 e. The van der Waals surface area contributed by atoms with Gasteiger partial charge in [-0.1, -0.05) is 13.5 Å². The monoisotopic (exact) mass is 195 g/mol. The Labute approximate surface area is 82.6 Å². The average molecular weight is 195 g/mol. The van der Waals surface area contributed by atoms with Crippen molar-refractivity contribution in [2.24, 2.45) is 5.92 Å². The number of carbonyl (C=O) groups excluding carboxylic acids is 3. The van der Waals surface area contributed by atoms with E-state index in [1.165, 1.54) is 0 Å². The Morgan fingerprint density at radius 1 is 1.29 bits per heavy atom. The molecule has 0 spiro atoms. The number of nitrogens with zero attached hydrogens (tertiary/aromatic N) is 1. The number of piperidine rings is 1. The minimum absolute atomic E-state index is 0.0710. The molecular weight excluding hydrogens is 182 g/mol. The van der Waals surface area contributed by atoms with Crippen LogP contribution in [0.15, 0.2) is 12.2 Å². The lowest BCUT2D eigenvalue weighted by Crippen LogP contribution is -2.50. The first-order chi connectivity index (χ1) is 6.54. The third kappa shape index (κ3) is 1.36. The summed E-state index contributed by atoms with van der Waals surface area (Å²) >= 11 is 0. The van der Waals surface area contributed by atoms with Gasteiger partial charge in [0.25, 0.3) is 5.91 Å². The minimum Gasteiger partial charge on any atom is -0.293 e. The number of amides is 2. The van der Waals surface area contributed by atoms with E-state index in [2.05, 4.69) is 6.58 Å². The van der Waals surface area contributed by atoms with Crippen molar-refractivity contribution in [3.63, 3.8) is 0 Å². The van der Waals surface area contributed by atoms with Crippen LogP contribution in [0, 0.1) is 5.92 Å². The number of likely N-dealkylation sites (N-methyl/N-ethyl adjacent to an activating group) is 1. The van der Waals surface area contributed by atoms with Gasteiger partial charge in [-0.2, -0.15) is 0 Å². The predicted octanol–water partition coefficient (Wildman–Crippen LogP) is 0.527. The van der Waals surface area contributed by atoms with Crippen LogP contribution in [0.5, 0.6) is 0 Å². The van der Waals surface area contributed by atoms with Gasteiger partial charge in [0.2, 0.25) is 5.91 Å². The number of carbonyl (C=O) groups is 3. The molecule has 2 amide bonds. The maximum atomic E-state index is 11.6. The van der Waals surface area contributed by atoms with Crippen LogP contribution in [0.2, 0.25) is 0 Å². The Morgan fingerprint density at radius 3 is 2.29 bits per heavy atom. The van der Waals surface area contributed by atoms with Crippen molar-refractivity contribution in [1.29, 1.82) is 0 Å². The molecule has 1 heterocycles. The summed E-state index contributed by atoms with van der Waals surface area (Å²) in [6.45, 7) is 7.15. The van der Waals surface area contributed by atoms with E-state index in [4.69, 9.17) is 0 Å². The van der Waals surface area contributed by atoms with Gasteiger partial charge in [0.1, 0.15) is 5.92 Å². The highest BCUT2D eigenvalue weighted by molar-refractivity contribution is 6.31. The molecule has 1 rings (SSSR count). The van der Waals surface area contributed by atoms with Gasteiger partial charge in [0.05, 0.1) is 5.57 Å². The van der Waals surface area contributed by atoms with Crippen molar-refractivity contribution in [3.8, 4) is 0 Å². The van der Waals surface area contributed by atoms with E-state index in [0.29, 0.717) is 13.0 Å². The molecule has 1 fully saturated rings. The SMILES string of the molecule is C=C1C(=O)C(CC)C(=O)N(CC)C1=O. The average Bonchev–Trinajstić information content (AvgIpc) is 2.16. The van der Waals surface area contributed by atoms with Crippen molar-refractivity contribution in [2.45, 2.75) is 20.3 Å².